The first kappa shape index (κ1) is 19.6. The van der Waals surface area contributed by atoms with Gasteiger partial charge in [0.1, 0.15) is 5.75 Å². The van der Waals surface area contributed by atoms with Gasteiger partial charge in [-0.3, -0.25) is 9.80 Å². The number of piperidine rings is 1. The Labute approximate surface area is 157 Å². The monoisotopic (exact) mass is 381 g/mol. The fourth-order valence-electron chi connectivity index (χ4n) is 4.04. The highest BCUT2D eigenvalue weighted by atomic mass is 32.2. The maximum absolute atomic E-state index is 11.8. The molecule has 3 rings (SSSR count). The van der Waals surface area contributed by atoms with E-state index in [4.69, 9.17) is 4.74 Å². The SMILES string of the molecule is COc1ccc(CN2CCC(N3CCCN(S(C)(=O)=O)CC3)CC2)cc1. The van der Waals surface area contributed by atoms with Gasteiger partial charge >= 0.3 is 0 Å². The smallest absolute Gasteiger partial charge is 0.211 e. The summed E-state index contributed by atoms with van der Waals surface area (Å²) in [5, 5.41) is 0. The molecule has 1 aromatic carbocycles. The molecule has 6 nitrogen and oxygen atoms in total. The summed E-state index contributed by atoms with van der Waals surface area (Å²) in [6.07, 6.45) is 4.57. The summed E-state index contributed by atoms with van der Waals surface area (Å²) in [5.41, 5.74) is 1.32. The molecular formula is C19H31N3O3S. The van der Waals surface area contributed by atoms with Gasteiger partial charge in [0.2, 0.25) is 10.0 Å². The fraction of sp³-hybridized carbons (Fsp3) is 0.684. The molecule has 2 aliphatic rings. The zero-order valence-corrected chi connectivity index (χ0v) is 16.7. The molecule has 0 aromatic heterocycles. The molecule has 0 amide bonds. The number of nitrogens with zero attached hydrogens (tertiary/aromatic N) is 3. The third-order valence-corrected chi connectivity index (χ3v) is 6.90. The quantitative estimate of drug-likeness (QED) is 0.776. The van der Waals surface area contributed by atoms with Crippen LogP contribution in [0.5, 0.6) is 5.75 Å². The van der Waals surface area contributed by atoms with Gasteiger partial charge < -0.3 is 4.74 Å². The minimum absolute atomic E-state index is 0.585. The lowest BCUT2D eigenvalue weighted by Crippen LogP contribution is -2.46. The molecule has 0 unspecified atom stereocenters. The second-order valence-electron chi connectivity index (χ2n) is 7.41. The lowest BCUT2D eigenvalue weighted by atomic mass is 10.0. The zero-order chi connectivity index (χ0) is 18.6. The average molecular weight is 382 g/mol. The summed E-state index contributed by atoms with van der Waals surface area (Å²) in [6.45, 7) is 6.34. The molecule has 0 radical (unpaired) electrons. The number of likely N-dealkylation sites (tertiary alicyclic amines) is 1. The van der Waals surface area contributed by atoms with E-state index < -0.39 is 10.0 Å². The Morgan fingerprint density at radius 2 is 1.69 bits per heavy atom. The number of hydrogen-bond donors (Lipinski definition) is 0. The number of methoxy groups -OCH3 is 1. The molecule has 2 fully saturated rings. The van der Waals surface area contributed by atoms with Crippen molar-refractivity contribution in [1.29, 1.82) is 0 Å². The van der Waals surface area contributed by atoms with Crippen LogP contribution in [0.15, 0.2) is 24.3 Å². The van der Waals surface area contributed by atoms with Gasteiger partial charge in [0.05, 0.1) is 13.4 Å². The Kier molecular flexibility index (Phi) is 6.55. The predicted octanol–water partition coefficient (Wildman–Crippen LogP) is 1.63. The lowest BCUT2D eigenvalue weighted by molar-refractivity contribution is 0.108. The zero-order valence-electron chi connectivity index (χ0n) is 15.9. The minimum atomic E-state index is -3.06. The fourth-order valence-corrected chi connectivity index (χ4v) is 4.92. The molecule has 0 aliphatic carbocycles. The van der Waals surface area contributed by atoms with E-state index in [1.807, 2.05) is 12.1 Å². The molecule has 2 saturated heterocycles. The number of hydrogen-bond acceptors (Lipinski definition) is 5. The maximum Gasteiger partial charge on any atom is 0.211 e. The average Bonchev–Trinajstić information content (AvgIpc) is 2.89. The van der Waals surface area contributed by atoms with Crippen LogP contribution in [-0.2, 0) is 16.6 Å². The normalized spacial score (nSPS) is 22.2. The number of benzene rings is 1. The molecule has 0 spiro atoms. The van der Waals surface area contributed by atoms with E-state index in [1.165, 1.54) is 11.8 Å². The molecular weight excluding hydrogens is 350 g/mol. The largest absolute Gasteiger partial charge is 0.497 e. The van der Waals surface area contributed by atoms with E-state index in [2.05, 4.69) is 21.9 Å². The summed E-state index contributed by atoms with van der Waals surface area (Å²) >= 11 is 0. The first-order valence-electron chi connectivity index (χ1n) is 9.50. The lowest BCUT2D eigenvalue weighted by Gasteiger charge is -2.38. The molecule has 7 heteroatoms. The summed E-state index contributed by atoms with van der Waals surface area (Å²) in [7, 11) is -1.37. The van der Waals surface area contributed by atoms with Crippen LogP contribution in [0.3, 0.4) is 0 Å². The van der Waals surface area contributed by atoms with Crippen molar-refractivity contribution in [3.05, 3.63) is 29.8 Å². The Morgan fingerprint density at radius 1 is 1.00 bits per heavy atom. The van der Waals surface area contributed by atoms with Crippen LogP contribution in [0, 0.1) is 0 Å². The van der Waals surface area contributed by atoms with Crippen molar-refractivity contribution in [3.8, 4) is 5.75 Å². The van der Waals surface area contributed by atoms with Gasteiger partial charge in [-0.05, 0) is 56.6 Å². The highest BCUT2D eigenvalue weighted by Crippen LogP contribution is 2.21. The van der Waals surface area contributed by atoms with Gasteiger partial charge in [-0.25, -0.2) is 12.7 Å². The molecule has 146 valence electrons. The van der Waals surface area contributed by atoms with Gasteiger partial charge in [0, 0.05) is 32.2 Å². The van der Waals surface area contributed by atoms with E-state index in [9.17, 15) is 8.42 Å². The standard InChI is InChI=1S/C19H31N3O3S/c1-25-19-6-4-17(5-7-19)16-20-12-8-18(9-13-20)21-10-3-11-22(15-14-21)26(2,23)24/h4-7,18H,3,8-16H2,1-2H3. The van der Waals surface area contributed by atoms with E-state index in [1.54, 1.807) is 11.4 Å². The highest BCUT2D eigenvalue weighted by Gasteiger charge is 2.28. The van der Waals surface area contributed by atoms with E-state index in [0.717, 1.165) is 57.7 Å². The number of ether oxygens (including phenoxy) is 1. The summed E-state index contributed by atoms with van der Waals surface area (Å²) in [5.74, 6) is 0.900. The topological polar surface area (TPSA) is 53.1 Å². The molecule has 2 aliphatic heterocycles. The van der Waals surface area contributed by atoms with Crippen molar-refractivity contribution in [2.75, 3.05) is 52.6 Å². The van der Waals surface area contributed by atoms with Crippen LogP contribution in [0.25, 0.3) is 0 Å². The summed E-state index contributed by atoms with van der Waals surface area (Å²) < 4.78 is 30.4. The molecule has 0 N–H and O–H groups in total. The highest BCUT2D eigenvalue weighted by molar-refractivity contribution is 7.88. The first-order valence-corrected chi connectivity index (χ1v) is 11.3. The van der Waals surface area contributed by atoms with Crippen molar-refractivity contribution in [2.45, 2.75) is 31.8 Å². The van der Waals surface area contributed by atoms with Gasteiger partial charge in [-0.2, -0.15) is 0 Å². The Bertz CT molecular complexity index is 670. The van der Waals surface area contributed by atoms with E-state index in [0.29, 0.717) is 19.1 Å². The van der Waals surface area contributed by atoms with Crippen LogP contribution in [0.4, 0.5) is 0 Å². The van der Waals surface area contributed by atoms with Crippen molar-refractivity contribution >= 4 is 10.0 Å². The molecule has 2 heterocycles. The predicted molar refractivity (Wildman–Crippen MR) is 104 cm³/mol. The minimum Gasteiger partial charge on any atom is -0.497 e. The molecule has 26 heavy (non-hydrogen) atoms. The summed E-state index contributed by atoms with van der Waals surface area (Å²) in [6, 6.07) is 8.90. The van der Waals surface area contributed by atoms with Crippen molar-refractivity contribution in [2.24, 2.45) is 0 Å². The molecule has 0 bridgehead atoms. The Morgan fingerprint density at radius 3 is 2.31 bits per heavy atom. The number of sulfonamides is 1. The Balaban J connectivity index is 1.47. The van der Waals surface area contributed by atoms with Gasteiger partial charge in [-0.15, -0.1) is 0 Å². The van der Waals surface area contributed by atoms with Crippen LogP contribution in [0.1, 0.15) is 24.8 Å². The molecule has 1 aromatic rings. The van der Waals surface area contributed by atoms with Crippen LogP contribution < -0.4 is 4.74 Å². The second-order valence-corrected chi connectivity index (χ2v) is 9.39. The summed E-state index contributed by atoms with van der Waals surface area (Å²) in [4.78, 5) is 5.02. The third-order valence-electron chi connectivity index (χ3n) is 5.60. The molecule has 0 saturated carbocycles. The van der Waals surface area contributed by atoms with Crippen LogP contribution >= 0.6 is 0 Å². The van der Waals surface area contributed by atoms with Crippen molar-refractivity contribution < 1.29 is 13.2 Å². The molecule has 0 atom stereocenters. The first-order chi connectivity index (χ1) is 12.5. The maximum atomic E-state index is 11.8. The third kappa shape index (κ3) is 5.19. The number of rotatable bonds is 5. The van der Waals surface area contributed by atoms with Gasteiger partial charge in [-0.1, -0.05) is 12.1 Å². The van der Waals surface area contributed by atoms with Gasteiger partial charge in [0.15, 0.2) is 0 Å². The van der Waals surface area contributed by atoms with E-state index in [-0.39, 0.29) is 0 Å². The van der Waals surface area contributed by atoms with Crippen LogP contribution in [-0.4, -0.2) is 81.2 Å². The van der Waals surface area contributed by atoms with Crippen molar-refractivity contribution in [3.63, 3.8) is 0 Å². The van der Waals surface area contributed by atoms with Crippen LogP contribution in [0.2, 0.25) is 0 Å². The Hall–Kier alpha value is -1.15. The van der Waals surface area contributed by atoms with Gasteiger partial charge in [0.25, 0.3) is 0 Å². The van der Waals surface area contributed by atoms with E-state index >= 15 is 0 Å². The second kappa shape index (κ2) is 8.69. The van der Waals surface area contributed by atoms with Crippen molar-refractivity contribution in [1.82, 2.24) is 14.1 Å².